The fourth-order valence-corrected chi connectivity index (χ4v) is 4.12. The number of halogens is 1. The first kappa shape index (κ1) is 21.9. The highest BCUT2D eigenvalue weighted by Crippen LogP contribution is 2.40. The number of hydrogen-bond donors (Lipinski definition) is 1. The summed E-state index contributed by atoms with van der Waals surface area (Å²) >= 11 is 7.66. The number of aryl methyl sites for hydroxylation is 1. The van der Waals surface area contributed by atoms with Crippen molar-refractivity contribution >= 4 is 34.0 Å². The number of benzene rings is 2. The van der Waals surface area contributed by atoms with E-state index in [1.807, 2.05) is 30.3 Å². The Kier molecular flexibility index (Phi) is 7.54. The van der Waals surface area contributed by atoms with Gasteiger partial charge in [0.25, 0.3) is 0 Å². The van der Waals surface area contributed by atoms with Gasteiger partial charge in [0.15, 0.2) is 16.6 Å². The van der Waals surface area contributed by atoms with Crippen LogP contribution in [0.15, 0.2) is 42.6 Å². The van der Waals surface area contributed by atoms with E-state index in [2.05, 4.69) is 10.3 Å². The Morgan fingerprint density at radius 3 is 2.50 bits per heavy atom. The topological polar surface area (TPSA) is 69.7 Å². The normalized spacial score (nSPS) is 10.5. The minimum Gasteiger partial charge on any atom is -0.493 e. The molecule has 2 aromatic carbocycles. The zero-order chi connectivity index (χ0) is 21.5. The SMILES string of the molecule is COc1ccc(CCC(=O)Nc2ncc(Cc3ccccc3Cl)s2)c(OC)c1OC. The summed E-state index contributed by atoms with van der Waals surface area (Å²) in [6, 6.07) is 11.4. The highest BCUT2D eigenvalue weighted by Gasteiger charge is 2.17. The lowest BCUT2D eigenvalue weighted by molar-refractivity contribution is -0.116. The minimum atomic E-state index is -0.120. The standard InChI is InChI=1S/C22H23ClN2O4S/c1-27-18-10-8-14(20(28-2)21(18)29-3)9-11-19(26)25-22-24-13-16(30-22)12-15-6-4-5-7-17(15)23/h4-8,10,13H,9,11-12H2,1-3H3,(H,24,25,26). The van der Waals surface area contributed by atoms with Crippen LogP contribution in [0.1, 0.15) is 22.4 Å². The van der Waals surface area contributed by atoms with Gasteiger partial charge in [-0.3, -0.25) is 4.79 Å². The predicted octanol–water partition coefficient (Wildman–Crippen LogP) is 4.98. The van der Waals surface area contributed by atoms with Gasteiger partial charge in [-0.2, -0.15) is 0 Å². The number of carbonyl (C=O) groups is 1. The Morgan fingerprint density at radius 1 is 1.03 bits per heavy atom. The maximum Gasteiger partial charge on any atom is 0.226 e. The Labute approximate surface area is 184 Å². The number of nitrogens with one attached hydrogen (secondary N) is 1. The fourth-order valence-electron chi connectivity index (χ4n) is 3.07. The van der Waals surface area contributed by atoms with Crippen LogP contribution in [0.4, 0.5) is 5.13 Å². The molecular formula is C22H23ClN2O4S. The molecule has 158 valence electrons. The molecule has 0 bridgehead atoms. The van der Waals surface area contributed by atoms with E-state index in [0.717, 1.165) is 21.0 Å². The van der Waals surface area contributed by atoms with Crippen LogP contribution in [0.3, 0.4) is 0 Å². The minimum absolute atomic E-state index is 0.120. The molecule has 1 heterocycles. The molecule has 0 saturated heterocycles. The molecule has 1 N–H and O–H groups in total. The van der Waals surface area contributed by atoms with Gasteiger partial charge in [0, 0.05) is 28.9 Å². The largest absolute Gasteiger partial charge is 0.493 e. The van der Waals surface area contributed by atoms with Gasteiger partial charge in [-0.25, -0.2) is 4.98 Å². The Morgan fingerprint density at radius 2 is 1.80 bits per heavy atom. The summed E-state index contributed by atoms with van der Waals surface area (Å²) in [4.78, 5) is 17.8. The third kappa shape index (κ3) is 5.23. The van der Waals surface area contributed by atoms with Crippen molar-refractivity contribution in [2.24, 2.45) is 0 Å². The van der Waals surface area contributed by atoms with Crippen molar-refractivity contribution < 1.29 is 19.0 Å². The van der Waals surface area contributed by atoms with Crippen LogP contribution in [0.5, 0.6) is 17.2 Å². The first-order chi connectivity index (χ1) is 14.5. The monoisotopic (exact) mass is 446 g/mol. The van der Waals surface area contributed by atoms with E-state index < -0.39 is 0 Å². The molecule has 30 heavy (non-hydrogen) atoms. The first-order valence-corrected chi connectivity index (χ1v) is 10.5. The molecule has 3 rings (SSSR count). The van der Waals surface area contributed by atoms with E-state index in [1.165, 1.54) is 11.3 Å². The molecule has 0 radical (unpaired) electrons. The van der Waals surface area contributed by atoms with E-state index in [1.54, 1.807) is 33.6 Å². The van der Waals surface area contributed by atoms with Crippen LogP contribution < -0.4 is 19.5 Å². The molecule has 0 aliphatic heterocycles. The van der Waals surface area contributed by atoms with E-state index in [0.29, 0.717) is 35.2 Å². The van der Waals surface area contributed by atoms with Gasteiger partial charge in [-0.05, 0) is 29.7 Å². The summed E-state index contributed by atoms with van der Waals surface area (Å²) < 4.78 is 16.2. The first-order valence-electron chi connectivity index (χ1n) is 9.31. The third-order valence-corrected chi connectivity index (χ3v) is 5.81. The number of hydrogen-bond acceptors (Lipinski definition) is 6. The lowest BCUT2D eigenvalue weighted by Crippen LogP contribution is -2.12. The zero-order valence-corrected chi connectivity index (χ0v) is 18.6. The van der Waals surface area contributed by atoms with Crippen LogP contribution in [0.2, 0.25) is 5.02 Å². The summed E-state index contributed by atoms with van der Waals surface area (Å²) in [7, 11) is 4.69. The van der Waals surface area contributed by atoms with E-state index in [9.17, 15) is 4.79 Å². The van der Waals surface area contributed by atoms with Gasteiger partial charge in [0.05, 0.1) is 21.3 Å². The van der Waals surface area contributed by atoms with Gasteiger partial charge < -0.3 is 19.5 Å². The van der Waals surface area contributed by atoms with Gasteiger partial charge in [0.1, 0.15) is 0 Å². The van der Waals surface area contributed by atoms with Gasteiger partial charge in [-0.1, -0.05) is 35.9 Å². The van der Waals surface area contributed by atoms with Gasteiger partial charge >= 0.3 is 0 Å². The molecule has 0 fully saturated rings. The van der Waals surface area contributed by atoms with Crippen molar-refractivity contribution in [2.45, 2.75) is 19.3 Å². The Hall–Kier alpha value is -2.77. The van der Waals surface area contributed by atoms with Crippen molar-refractivity contribution in [3.05, 3.63) is 63.6 Å². The average molecular weight is 447 g/mol. The van der Waals surface area contributed by atoms with Crippen LogP contribution in [0.25, 0.3) is 0 Å². The molecule has 0 aliphatic rings. The van der Waals surface area contributed by atoms with E-state index in [4.69, 9.17) is 25.8 Å². The second kappa shape index (κ2) is 10.3. The maximum atomic E-state index is 12.4. The quantitative estimate of drug-likeness (QED) is 0.501. The number of rotatable bonds is 9. The number of aromatic nitrogens is 1. The maximum absolute atomic E-state index is 12.4. The highest BCUT2D eigenvalue weighted by atomic mass is 35.5. The summed E-state index contributed by atoms with van der Waals surface area (Å²) in [5, 5.41) is 4.15. The predicted molar refractivity (Wildman–Crippen MR) is 119 cm³/mol. The summed E-state index contributed by atoms with van der Waals surface area (Å²) in [5.74, 6) is 1.55. The van der Waals surface area contributed by atoms with Crippen molar-refractivity contribution in [3.63, 3.8) is 0 Å². The Balaban J connectivity index is 1.61. The van der Waals surface area contributed by atoms with Crippen molar-refractivity contribution in [1.82, 2.24) is 4.98 Å². The molecule has 6 nitrogen and oxygen atoms in total. The van der Waals surface area contributed by atoms with Crippen molar-refractivity contribution in [2.75, 3.05) is 26.6 Å². The summed E-state index contributed by atoms with van der Waals surface area (Å²) in [6.45, 7) is 0. The number of ether oxygens (including phenoxy) is 3. The lowest BCUT2D eigenvalue weighted by Gasteiger charge is -2.15. The Bertz CT molecular complexity index is 1020. The van der Waals surface area contributed by atoms with Crippen molar-refractivity contribution in [1.29, 1.82) is 0 Å². The van der Waals surface area contributed by atoms with Crippen LogP contribution in [-0.2, 0) is 17.6 Å². The number of methoxy groups -OCH3 is 3. The molecule has 0 spiro atoms. The van der Waals surface area contributed by atoms with Crippen LogP contribution >= 0.6 is 22.9 Å². The zero-order valence-electron chi connectivity index (χ0n) is 17.0. The molecule has 1 amide bonds. The average Bonchev–Trinajstić information content (AvgIpc) is 3.19. The highest BCUT2D eigenvalue weighted by molar-refractivity contribution is 7.15. The second-order valence-electron chi connectivity index (χ2n) is 6.44. The summed E-state index contributed by atoms with van der Waals surface area (Å²) in [6.07, 6.45) is 3.22. The molecule has 3 aromatic rings. The number of nitrogens with zero attached hydrogens (tertiary/aromatic N) is 1. The lowest BCUT2D eigenvalue weighted by atomic mass is 10.1. The van der Waals surface area contributed by atoms with Crippen LogP contribution in [0, 0.1) is 0 Å². The van der Waals surface area contributed by atoms with Crippen molar-refractivity contribution in [3.8, 4) is 17.2 Å². The third-order valence-electron chi connectivity index (χ3n) is 4.53. The molecule has 1 aromatic heterocycles. The second-order valence-corrected chi connectivity index (χ2v) is 7.96. The molecule has 0 atom stereocenters. The van der Waals surface area contributed by atoms with E-state index >= 15 is 0 Å². The smallest absolute Gasteiger partial charge is 0.226 e. The number of anilines is 1. The summed E-state index contributed by atoms with van der Waals surface area (Å²) in [5.41, 5.74) is 1.89. The molecule has 0 unspecified atom stereocenters. The van der Waals surface area contributed by atoms with Crippen LogP contribution in [-0.4, -0.2) is 32.2 Å². The number of carbonyl (C=O) groups excluding carboxylic acids is 1. The van der Waals surface area contributed by atoms with E-state index in [-0.39, 0.29) is 12.3 Å². The molecule has 0 aliphatic carbocycles. The molecule has 0 saturated carbocycles. The number of thiazole rings is 1. The molecule has 8 heteroatoms. The number of amides is 1. The van der Waals surface area contributed by atoms with Gasteiger partial charge in [0.2, 0.25) is 11.7 Å². The molecular weight excluding hydrogens is 424 g/mol. The fraction of sp³-hybridized carbons (Fsp3) is 0.273. The van der Waals surface area contributed by atoms with Gasteiger partial charge in [-0.15, -0.1) is 11.3 Å².